The number of aryl methyl sites for hydroxylation is 1. The molecule has 4 aromatic rings. The molecule has 3 aromatic carbocycles. The van der Waals surface area contributed by atoms with Crippen molar-refractivity contribution in [2.45, 2.75) is 52.7 Å². The van der Waals surface area contributed by atoms with Crippen molar-refractivity contribution >= 4 is 0 Å². The van der Waals surface area contributed by atoms with E-state index in [1.54, 1.807) is 0 Å². The predicted molar refractivity (Wildman–Crippen MR) is 160 cm³/mol. The summed E-state index contributed by atoms with van der Waals surface area (Å²) in [6.07, 6.45) is 11.8. The topological polar surface area (TPSA) is 38.0 Å². The molecule has 0 bridgehead atoms. The first-order chi connectivity index (χ1) is 18.4. The molecular weight excluding hydrogens is 464 g/mol. The molecule has 3 heteroatoms. The highest BCUT2D eigenvalue weighted by Gasteiger charge is 2.40. The van der Waals surface area contributed by atoms with Crippen LogP contribution >= 0.6 is 0 Å². The zero-order valence-corrected chi connectivity index (χ0v) is 23.5. The van der Waals surface area contributed by atoms with Crippen LogP contribution in [-0.4, -0.2) is 14.7 Å². The lowest BCUT2D eigenvalue weighted by Gasteiger charge is -2.38. The van der Waals surface area contributed by atoms with Crippen LogP contribution in [-0.2, 0) is 11.1 Å². The molecule has 196 valence electrons. The third-order valence-electron chi connectivity index (χ3n) is 7.04. The van der Waals surface area contributed by atoms with Gasteiger partial charge in [-0.05, 0) is 61.1 Å². The van der Waals surface area contributed by atoms with E-state index in [1.165, 1.54) is 0 Å². The van der Waals surface area contributed by atoms with Gasteiger partial charge in [-0.1, -0.05) is 124 Å². The largest absolute Gasteiger partial charge is 0.379 e. The Morgan fingerprint density at radius 3 is 2.00 bits per heavy atom. The third-order valence-corrected chi connectivity index (χ3v) is 7.04. The standard InChI is InChI=1S/C33H34N2O.C2H6/c1-6-15-27(16-7-2)33(28-18-10-8-11-19-28,29-20-12-9-13-21-29)35-23-31(34-24-35)32(5,36)30-22-14-17-25(3)26(30)4;1-2/h6-24,36H,1H2,2-5H3;1-2H3/b16-7-,27-15+;. The van der Waals surface area contributed by atoms with Gasteiger partial charge in [-0.25, -0.2) is 4.98 Å². The van der Waals surface area contributed by atoms with E-state index in [0.717, 1.165) is 33.4 Å². The average Bonchev–Trinajstić information content (AvgIpc) is 3.45. The Morgan fingerprint density at radius 1 is 0.895 bits per heavy atom. The second-order valence-corrected chi connectivity index (χ2v) is 9.29. The van der Waals surface area contributed by atoms with Crippen LogP contribution in [0.3, 0.4) is 0 Å². The number of imidazole rings is 1. The molecule has 0 radical (unpaired) electrons. The van der Waals surface area contributed by atoms with E-state index in [1.807, 2.05) is 89.6 Å². The molecule has 0 aliphatic carbocycles. The van der Waals surface area contributed by atoms with E-state index >= 15 is 0 Å². The van der Waals surface area contributed by atoms with Crippen LogP contribution in [0.1, 0.15) is 61.2 Å². The number of benzene rings is 3. The number of hydrogen-bond acceptors (Lipinski definition) is 2. The molecule has 0 saturated carbocycles. The van der Waals surface area contributed by atoms with E-state index < -0.39 is 11.1 Å². The fourth-order valence-electron chi connectivity index (χ4n) is 5.08. The molecule has 0 saturated heterocycles. The molecule has 1 aromatic heterocycles. The molecule has 3 nitrogen and oxygen atoms in total. The first-order valence-electron chi connectivity index (χ1n) is 13.3. The molecule has 1 heterocycles. The van der Waals surface area contributed by atoms with Gasteiger partial charge in [-0.3, -0.25) is 0 Å². The Bertz CT molecular complexity index is 1350. The number of aliphatic hydroxyl groups is 1. The summed E-state index contributed by atoms with van der Waals surface area (Å²) >= 11 is 0. The maximum atomic E-state index is 11.8. The normalized spacial score (nSPS) is 13.5. The summed E-state index contributed by atoms with van der Waals surface area (Å²) < 4.78 is 2.11. The highest BCUT2D eigenvalue weighted by molar-refractivity contribution is 5.54. The van der Waals surface area contributed by atoms with E-state index in [-0.39, 0.29) is 0 Å². The molecule has 1 unspecified atom stereocenters. The number of aromatic nitrogens is 2. The average molecular weight is 505 g/mol. The molecule has 4 rings (SSSR count). The van der Waals surface area contributed by atoms with E-state index in [4.69, 9.17) is 4.98 Å². The van der Waals surface area contributed by atoms with E-state index in [0.29, 0.717) is 5.69 Å². The minimum absolute atomic E-state index is 0.589. The van der Waals surface area contributed by atoms with Crippen LogP contribution in [0.15, 0.2) is 128 Å². The molecule has 1 atom stereocenters. The van der Waals surface area contributed by atoms with Gasteiger partial charge >= 0.3 is 0 Å². The number of hydrogen-bond donors (Lipinski definition) is 1. The molecule has 0 fully saturated rings. The Morgan fingerprint density at radius 2 is 1.47 bits per heavy atom. The Balaban J connectivity index is 0.00000195. The number of allylic oxidation sites excluding steroid dienone is 5. The molecule has 1 N–H and O–H groups in total. The SMILES string of the molecule is C=C/C=C(\C=C/C)C(c1ccccc1)(c1ccccc1)n1cnc(C(C)(O)c2cccc(C)c2C)c1.CC. The zero-order chi connectivity index (χ0) is 27.8. The van der Waals surface area contributed by atoms with Crippen molar-refractivity contribution < 1.29 is 5.11 Å². The van der Waals surface area contributed by atoms with Gasteiger partial charge in [-0.15, -0.1) is 0 Å². The lowest BCUT2D eigenvalue weighted by molar-refractivity contribution is 0.0969. The van der Waals surface area contributed by atoms with Gasteiger partial charge in [0.05, 0.1) is 12.0 Å². The van der Waals surface area contributed by atoms with Gasteiger partial charge < -0.3 is 9.67 Å². The molecule has 0 aliphatic rings. The summed E-state index contributed by atoms with van der Waals surface area (Å²) in [6, 6.07) is 26.8. The monoisotopic (exact) mass is 504 g/mol. The molecule has 38 heavy (non-hydrogen) atoms. The van der Waals surface area contributed by atoms with Crippen molar-refractivity contribution in [2.24, 2.45) is 0 Å². The van der Waals surface area contributed by atoms with Gasteiger partial charge in [0.15, 0.2) is 0 Å². The van der Waals surface area contributed by atoms with Gasteiger partial charge in [-0.2, -0.15) is 0 Å². The van der Waals surface area contributed by atoms with Crippen molar-refractivity contribution in [2.75, 3.05) is 0 Å². The summed E-state index contributed by atoms with van der Waals surface area (Å²) in [5.74, 6) is 0. The second-order valence-electron chi connectivity index (χ2n) is 9.29. The second kappa shape index (κ2) is 12.5. The van der Waals surface area contributed by atoms with Crippen LogP contribution in [0.25, 0.3) is 0 Å². The predicted octanol–water partition coefficient (Wildman–Crippen LogP) is 8.26. The van der Waals surface area contributed by atoms with Crippen molar-refractivity contribution in [3.05, 3.63) is 161 Å². The Kier molecular flexibility index (Phi) is 9.44. The maximum Gasteiger partial charge on any atom is 0.130 e. The lowest BCUT2D eigenvalue weighted by atomic mass is 9.75. The van der Waals surface area contributed by atoms with E-state index in [9.17, 15) is 5.11 Å². The van der Waals surface area contributed by atoms with Gasteiger partial charge in [0, 0.05) is 6.20 Å². The molecular formula is C35H40N2O. The van der Waals surface area contributed by atoms with Crippen LogP contribution in [0.4, 0.5) is 0 Å². The first kappa shape index (κ1) is 28.6. The quantitative estimate of drug-likeness (QED) is 0.245. The number of rotatable bonds is 8. The fraction of sp³-hybridized carbons (Fsp3) is 0.229. The molecule has 0 aliphatic heterocycles. The summed E-state index contributed by atoms with van der Waals surface area (Å²) in [4.78, 5) is 4.79. The van der Waals surface area contributed by atoms with Crippen LogP contribution < -0.4 is 0 Å². The van der Waals surface area contributed by atoms with Crippen LogP contribution in [0.5, 0.6) is 0 Å². The molecule has 0 amide bonds. The van der Waals surface area contributed by atoms with E-state index in [2.05, 4.69) is 78.7 Å². The van der Waals surface area contributed by atoms with Gasteiger partial charge in [0.1, 0.15) is 11.1 Å². The first-order valence-corrected chi connectivity index (χ1v) is 13.3. The minimum atomic E-state index is -1.26. The zero-order valence-electron chi connectivity index (χ0n) is 23.5. The summed E-state index contributed by atoms with van der Waals surface area (Å²) in [7, 11) is 0. The lowest BCUT2D eigenvalue weighted by Crippen LogP contribution is -2.37. The van der Waals surface area contributed by atoms with Gasteiger partial charge in [0.25, 0.3) is 0 Å². The van der Waals surface area contributed by atoms with Crippen molar-refractivity contribution in [1.82, 2.24) is 9.55 Å². The minimum Gasteiger partial charge on any atom is -0.379 e. The van der Waals surface area contributed by atoms with Crippen LogP contribution in [0.2, 0.25) is 0 Å². The van der Waals surface area contributed by atoms with Crippen LogP contribution in [0, 0.1) is 13.8 Å². The van der Waals surface area contributed by atoms with Crippen molar-refractivity contribution in [3.63, 3.8) is 0 Å². The van der Waals surface area contributed by atoms with Gasteiger partial charge in [0.2, 0.25) is 0 Å². The van der Waals surface area contributed by atoms with Crippen molar-refractivity contribution in [3.8, 4) is 0 Å². The highest BCUT2D eigenvalue weighted by Crippen LogP contribution is 2.43. The third kappa shape index (κ3) is 5.20. The van der Waals surface area contributed by atoms with Crippen molar-refractivity contribution in [1.29, 1.82) is 0 Å². The smallest absolute Gasteiger partial charge is 0.130 e. The summed E-state index contributed by atoms with van der Waals surface area (Å²) in [6.45, 7) is 15.9. The number of nitrogens with zero attached hydrogens (tertiary/aromatic N) is 2. The highest BCUT2D eigenvalue weighted by atomic mass is 16.3. The summed E-state index contributed by atoms with van der Waals surface area (Å²) in [5.41, 5.74) is 4.85. The Hall–Kier alpha value is -3.95. The summed E-state index contributed by atoms with van der Waals surface area (Å²) in [5, 5.41) is 11.8. The Labute approximate surface area is 228 Å². The molecule has 0 spiro atoms. The fourth-order valence-corrected chi connectivity index (χ4v) is 5.08. The maximum absolute atomic E-state index is 11.8.